The zero-order chi connectivity index (χ0) is 13.1. The molecule has 0 rings (SSSR count). The maximum absolute atomic E-state index is 5.98. The van der Waals surface area contributed by atoms with E-state index in [0.717, 1.165) is 32.4 Å². The molecule has 0 saturated heterocycles. The maximum Gasteiger partial charge on any atom is 0.0803 e. The molecule has 2 nitrogen and oxygen atoms in total. The van der Waals surface area contributed by atoms with Gasteiger partial charge in [-0.2, -0.15) is 0 Å². The fourth-order valence-corrected chi connectivity index (χ4v) is 2.19. The summed E-state index contributed by atoms with van der Waals surface area (Å²) in [6.45, 7) is 14.4. The van der Waals surface area contributed by atoms with Gasteiger partial charge in [-0.15, -0.1) is 6.58 Å². The number of hydrogen-bond acceptors (Lipinski definition) is 2. The third kappa shape index (κ3) is 6.23. The van der Waals surface area contributed by atoms with Crippen LogP contribution in [0.3, 0.4) is 0 Å². The summed E-state index contributed by atoms with van der Waals surface area (Å²) in [5, 5.41) is 3.65. The zero-order valence-corrected chi connectivity index (χ0v) is 12.2. The normalized spacial score (nSPS) is 16.5. The van der Waals surface area contributed by atoms with Crippen molar-refractivity contribution < 1.29 is 4.74 Å². The zero-order valence-electron chi connectivity index (χ0n) is 12.2. The molecule has 0 aromatic heterocycles. The molecule has 17 heavy (non-hydrogen) atoms. The van der Waals surface area contributed by atoms with E-state index in [-0.39, 0.29) is 5.60 Å². The van der Waals surface area contributed by atoms with E-state index in [9.17, 15) is 0 Å². The Labute approximate surface area is 108 Å². The van der Waals surface area contributed by atoms with Crippen LogP contribution in [-0.4, -0.2) is 24.8 Å². The second-order valence-corrected chi connectivity index (χ2v) is 4.83. The Bertz CT molecular complexity index is 193. The van der Waals surface area contributed by atoms with Crippen molar-refractivity contribution in [2.45, 2.75) is 71.4 Å². The van der Waals surface area contributed by atoms with Gasteiger partial charge in [-0.05, 0) is 52.5 Å². The molecule has 0 saturated carbocycles. The fraction of sp³-hybridized carbons (Fsp3) is 0.867. The molecule has 2 unspecified atom stereocenters. The highest BCUT2D eigenvalue weighted by atomic mass is 16.5. The van der Waals surface area contributed by atoms with E-state index < -0.39 is 0 Å². The Balaban J connectivity index is 4.43. The van der Waals surface area contributed by atoms with Gasteiger partial charge in [-0.25, -0.2) is 0 Å². The Morgan fingerprint density at radius 2 is 2.06 bits per heavy atom. The molecule has 0 aliphatic carbocycles. The second-order valence-electron chi connectivity index (χ2n) is 4.83. The summed E-state index contributed by atoms with van der Waals surface area (Å²) in [5.74, 6) is 0. The minimum Gasteiger partial charge on any atom is -0.374 e. The number of ether oxygens (including phenoxy) is 1. The number of hydrogen-bond donors (Lipinski definition) is 1. The molecular formula is C15H31NO. The van der Waals surface area contributed by atoms with Crippen molar-refractivity contribution in [2.24, 2.45) is 0 Å². The Morgan fingerprint density at radius 1 is 1.35 bits per heavy atom. The van der Waals surface area contributed by atoms with Crippen molar-refractivity contribution in [3.8, 4) is 0 Å². The van der Waals surface area contributed by atoms with Crippen LogP contribution in [-0.2, 0) is 4.74 Å². The lowest BCUT2D eigenvalue weighted by Gasteiger charge is -2.37. The van der Waals surface area contributed by atoms with E-state index in [1.54, 1.807) is 0 Å². The average Bonchev–Trinajstić information content (AvgIpc) is 2.33. The lowest BCUT2D eigenvalue weighted by Crippen LogP contribution is -2.50. The summed E-state index contributed by atoms with van der Waals surface area (Å²) in [4.78, 5) is 0. The van der Waals surface area contributed by atoms with Crippen molar-refractivity contribution in [3.05, 3.63) is 12.7 Å². The fourth-order valence-electron chi connectivity index (χ4n) is 2.19. The first-order valence-electron chi connectivity index (χ1n) is 7.12. The van der Waals surface area contributed by atoms with Gasteiger partial charge in [0.15, 0.2) is 0 Å². The highest BCUT2D eigenvalue weighted by Crippen LogP contribution is 2.24. The van der Waals surface area contributed by atoms with Gasteiger partial charge < -0.3 is 10.1 Å². The molecule has 0 bridgehead atoms. The molecule has 102 valence electrons. The molecule has 0 fully saturated rings. The SMILES string of the molecule is C=CCCCC(NCCC)C(C)(CC)OCC. The van der Waals surface area contributed by atoms with E-state index in [1.807, 2.05) is 6.08 Å². The minimum atomic E-state index is -0.0366. The number of nitrogens with one attached hydrogen (secondary N) is 1. The maximum atomic E-state index is 5.98. The van der Waals surface area contributed by atoms with Gasteiger partial charge in [0, 0.05) is 12.6 Å². The van der Waals surface area contributed by atoms with Crippen LogP contribution in [0.2, 0.25) is 0 Å². The molecule has 0 heterocycles. The van der Waals surface area contributed by atoms with E-state index in [2.05, 4.69) is 39.6 Å². The summed E-state index contributed by atoms with van der Waals surface area (Å²) in [5.41, 5.74) is -0.0366. The van der Waals surface area contributed by atoms with Crippen LogP contribution < -0.4 is 5.32 Å². The molecule has 0 aliphatic heterocycles. The first-order valence-corrected chi connectivity index (χ1v) is 7.12. The second kappa shape index (κ2) is 9.67. The lowest BCUT2D eigenvalue weighted by molar-refractivity contribution is -0.0572. The van der Waals surface area contributed by atoms with Crippen LogP contribution >= 0.6 is 0 Å². The monoisotopic (exact) mass is 241 g/mol. The molecule has 0 amide bonds. The quantitative estimate of drug-likeness (QED) is 0.437. The summed E-state index contributed by atoms with van der Waals surface area (Å²) >= 11 is 0. The van der Waals surface area contributed by atoms with Crippen molar-refractivity contribution in [1.29, 1.82) is 0 Å². The molecule has 1 N–H and O–H groups in total. The van der Waals surface area contributed by atoms with Gasteiger partial charge >= 0.3 is 0 Å². The van der Waals surface area contributed by atoms with Gasteiger partial charge in [0.2, 0.25) is 0 Å². The smallest absolute Gasteiger partial charge is 0.0803 e. The molecule has 0 aliphatic rings. The van der Waals surface area contributed by atoms with Crippen molar-refractivity contribution >= 4 is 0 Å². The first-order chi connectivity index (χ1) is 8.14. The number of unbranched alkanes of at least 4 members (excludes halogenated alkanes) is 1. The third-order valence-electron chi connectivity index (χ3n) is 3.45. The van der Waals surface area contributed by atoms with Crippen LogP contribution in [0.5, 0.6) is 0 Å². The third-order valence-corrected chi connectivity index (χ3v) is 3.45. The highest BCUT2D eigenvalue weighted by Gasteiger charge is 2.32. The molecule has 0 radical (unpaired) electrons. The van der Waals surface area contributed by atoms with Crippen LogP contribution in [0, 0.1) is 0 Å². The molecule has 2 heteroatoms. The van der Waals surface area contributed by atoms with Gasteiger partial charge in [-0.3, -0.25) is 0 Å². The Morgan fingerprint density at radius 3 is 2.53 bits per heavy atom. The molecule has 0 aromatic carbocycles. The van der Waals surface area contributed by atoms with Crippen LogP contribution in [0.1, 0.15) is 59.8 Å². The standard InChI is InChI=1S/C15H31NO/c1-6-10-11-12-14(16-13-7-2)15(5,8-3)17-9-4/h6,14,16H,1,7-13H2,2-5H3. The number of allylic oxidation sites excluding steroid dienone is 1. The van der Waals surface area contributed by atoms with E-state index >= 15 is 0 Å². The predicted octanol–water partition coefficient (Wildman–Crippen LogP) is 3.92. The van der Waals surface area contributed by atoms with Gasteiger partial charge in [0.25, 0.3) is 0 Å². The summed E-state index contributed by atoms with van der Waals surface area (Å²) in [6.07, 6.45) is 7.67. The van der Waals surface area contributed by atoms with Crippen LogP contribution in [0.15, 0.2) is 12.7 Å². The largest absolute Gasteiger partial charge is 0.374 e. The lowest BCUT2D eigenvalue weighted by atomic mass is 9.89. The minimum absolute atomic E-state index is 0.0366. The predicted molar refractivity (Wildman–Crippen MR) is 76.5 cm³/mol. The highest BCUT2D eigenvalue weighted by molar-refractivity contribution is 4.89. The van der Waals surface area contributed by atoms with Crippen molar-refractivity contribution in [1.82, 2.24) is 5.32 Å². The summed E-state index contributed by atoms with van der Waals surface area (Å²) in [7, 11) is 0. The molecule has 0 aromatic rings. The van der Waals surface area contributed by atoms with Crippen LogP contribution in [0.4, 0.5) is 0 Å². The molecule has 0 spiro atoms. The van der Waals surface area contributed by atoms with Gasteiger partial charge in [0.1, 0.15) is 0 Å². The first kappa shape index (κ1) is 16.7. The topological polar surface area (TPSA) is 21.3 Å². The molecule has 2 atom stereocenters. The van der Waals surface area contributed by atoms with Gasteiger partial charge in [0.05, 0.1) is 5.60 Å². The Kier molecular flexibility index (Phi) is 9.47. The van der Waals surface area contributed by atoms with E-state index in [0.29, 0.717) is 6.04 Å². The Hall–Kier alpha value is -0.340. The van der Waals surface area contributed by atoms with Crippen molar-refractivity contribution in [2.75, 3.05) is 13.2 Å². The van der Waals surface area contributed by atoms with E-state index in [4.69, 9.17) is 4.74 Å². The van der Waals surface area contributed by atoms with Gasteiger partial charge in [-0.1, -0.05) is 19.9 Å². The summed E-state index contributed by atoms with van der Waals surface area (Å²) in [6, 6.07) is 0.451. The van der Waals surface area contributed by atoms with Crippen molar-refractivity contribution in [3.63, 3.8) is 0 Å². The van der Waals surface area contributed by atoms with Crippen LogP contribution in [0.25, 0.3) is 0 Å². The summed E-state index contributed by atoms with van der Waals surface area (Å²) < 4.78 is 5.98. The molecular weight excluding hydrogens is 210 g/mol. The van der Waals surface area contributed by atoms with E-state index in [1.165, 1.54) is 12.8 Å². The average molecular weight is 241 g/mol. The number of rotatable bonds is 11.